The number of carbonyl (C=O) groups excluding carboxylic acids is 2. The van der Waals surface area contributed by atoms with Gasteiger partial charge < -0.3 is 10.2 Å². The molecule has 2 amide bonds. The molecule has 0 radical (unpaired) electrons. The fraction of sp³-hybridized carbons (Fsp3) is 0.333. The summed E-state index contributed by atoms with van der Waals surface area (Å²) < 4.78 is 13.1. The van der Waals surface area contributed by atoms with Crippen molar-refractivity contribution < 1.29 is 14.0 Å². The molecule has 150 valence electrons. The summed E-state index contributed by atoms with van der Waals surface area (Å²) >= 11 is 12.5. The van der Waals surface area contributed by atoms with E-state index in [1.165, 1.54) is 17.0 Å². The first-order valence-corrected chi connectivity index (χ1v) is 9.83. The lowest BCUT2D eigenvalue weighted by Crippen LogP contribution is -2.48. The minimum absolute atomic E-state index is 0.0355. The molecule has 0 aliphatic carbocycles. The van der Waals surface area contributed by atoms with Crippen LogP contribution in [0.25, 0.3) is 0 Å². The van der Waals surface area contributed by atoms with Gasteiger partial charge in [0.1, 0.15) is 11.9 Å². The van der Waals surface area contributed by atoms with Crippen molar-refractivity contribution in [3.8, 4) is 0 Å². The van der Waals surface area contributed by atoms with Crippen LogP contribution in [0.4, 0.5) is 4.39 Å². The standard InChI is InChI=1S/C21H23Cl2FN2O2/c1-3-11-25-21(28)14(2)26(13-17-18(22)5-4-6-19(17)23)20(27)12-15-7-9-16(24)10-8-15/h4-10,14H,3,11-13H2,1-2H3,(H,25,28). The van der Waals surface area contributed by atoms with Gasteiger partial charge in [-0.3, -0.25) is 9.59 Å². The topological polar surface area (TPSA) is 49.4 Å². The van der Waals surface area contributed by atoms with E-state index in [9.17, 15) is 14.0 Å². The first-order chi connectivity index (χ1) is 13.3. The molecule has 0 aliphatic heterocycles. The molecule has 0 heterocycles. The number of hydrogen-bond donors (Lipinski definition) is 1. The summed E-state index contributed by atoms with van der Waals surface area (Å²) in [5.74, 6) is -0.901. The highest BCUT2D eigenvalue weighted by Crippen LogP contribution is 2.26. The van der Waals surface area contributed by atoms with Gasteiger partial charge in [-0.2, -0.15) is 0 Å². The van der Waals surface area contributed by atoms with E-state index in [4.69, 9.17) is 23.2 Å². The number of nitrogens with one attached hydrogen (secondary N) is 1. The summed E-state index contributed by atoms with van der Waals surface area (Å²) in [5.41, 5.74) is 1.23. The zero-order chi connectivity index (χ0) is 20.7. The number of rotatable bonds is 8. The third kappa shape index (κ3) is 5.94. The van der Waals surface area contributed by atoms with E-state index in [0.29, 0.717) is 27.7 Å². The van der Waals surface area contributed by atoms with Crippen LogP contribution in [-0.2, 0) is 22.6 Å². The van der Waals surface area contributed by atoms with Crippen molar-refractivity contribution in [2.45, 2.75) is 39.3 Å². The van der Waals surface area contributed by atoms with Crippen LogP contribution in [0.15, 0.2) is 42.5 Å². The molecule has 0 saturated carbocycles. The molecule has 2 aromatic carbocycles. The number of amides is 2. The van der Waals surface area contributed by atoms with E-state index < -0.39 is 6.04 Å². The van der Waals surface area contributed by atoms with Crippen molar-refractivity contribution in [2.75, 3.05) is 6.54 Å². The fourth-order valence-corrected chi connectivity index (χ4v) is 3.23. The van der Waals surface area contributed by atoms with Crippen molar-refractivity contribution >= 4 is 35.0 Å². The molecule has 28 heavy (non-hydrogen) atoms. The van der Waals surface area contributed by atoms with E-state index in [-0.39, 0.29) is 30.6 Å². The highest BCUT2D eigenvalue weighted by atomic mass is 35.5. The summed E-state index contributed by atoms with van der Waals surface area (Å²) in [6.07, 6.45) is 0.825. The van der Waals surface area contributed by atoms with Gasteiger partial charge in [0.2, 0.25) is 11.8 Å². The van der Waals surface area contributed by atoms with E-state index in [1.807, 2.05) is 6.92 Å². The van der Waals surface area contributed by atoms with Crippen molar-refractivity contribution in [1.29, 1.82) is 0 Å². The third-order valence-electron chi connectivity index (χ3n) is 4.38. The van der Waals surface area contributed by atoms with E-state index >= 15 is 0 Å². The van der Waals surface area contributed by atoms with E-state index in [1.54, 1.807) is 37.3 Å². The third-order valence-corrected chi connectivity index (χ3v) is 5.08. The quantitative estimate of drug-likeness (QED) is 0.671. The Morgan fingerprint density at radius 1 is 1.11 bits per heavy atom. The van der Waals surface area contributed by atoms with Crippen LogP contribution in [-0.4, -0.2) is 29.3 Å². The maximum atomic E-state index is 13.1. The van der Waals surface area contributed by atoms with Crippen molar-refractivity contribution in [3.05, 3.63) is 69.5 Å². The first kappa shape index (κ1) is 22.2. The zero-order valence-corrected chi connectivity index (χ0v) is 17.4. The maximum absolute atomic E-state index is 13.1. The number of hydrogen-bond acceptors (Lipinski definition) is 2. The van der Waals surface area contributed by atoms with Gasteiger partial charge in [0.05, 0.1) is 6.42 Å². The van der Waals surface area contributed by atoms with Gasteiger partial charge in [-0.1, -0.05) is 48.3 Å². The number of carbonyl (C=O) groups is 2. The second-order valence-corrected chi connectivity index (χ2v) is 7.31. The van der Waals surface area contributed by atoms with Crippen LogP contribution < -0.4 is 5.32 Å². The molecular weight excluding hydrogens is 402 g/mol. The molecule has 1 atom stereocenters. The van der Waals surface area contributed by atoms with Gasteiger partial charge in [-0.05, 0) is 43.2 Å². The molecule has 0 aliphatic rings. The number of benzene rings is 2. The Balaban J connectivity index is 2.27. The average Bonchev–Trinajstić information content (AvgIpc) is 2.67. The molecule has 1 N–H and O–H groups in total. The molecular formula is C21H23Cl2FN2O2. The Morgan fingerprint density at radius 2 is 1.71 bits per heavy atom. The lowest BCUT2D eigenvalue weighted by Gasteiger charge is -2.29. The summed E-state index contributed by atoms with van der Waals surface area (Å²) in [4.78, 5) is 26.9. The first-order valence-electron chi connectivity index (χ1n) is 9.08. The van der Waals surface area contributed by atoms with E-state index in [0.717, 1.165) is 6.42 Å². The largest absolute Gasteiger partial charge is 0.354 e. The molecule has 0 fully saturated rings. The summed E-state index contributed by atoms with van der Waals surface area (Å²) in [6, 6.07) is 10.1. The van der Waals surface area contributed by atoms with Gasteiger partial charge in [0.15, 0.2) is 0 Å². The fourth-order valence-electron chi connectivity index (χ4n) is 2.71. The van der Waals surface area contributed by atoms with Gasteiger partial charge >= 0.3 is 0 Å². The normalized spacial score (nSPS) is 11.8. The van der Waals surface area contributed by atoms with Gasteiger partial charge in [0.25, 0.3) is 0 Å². The molecule has 0 spiro atoms. The Labute approximate surface area is 174 Å². The highest BCUT2D eigenvalue weighted by molar-refractivity contribution is 6.36. The summed E-state index contributed by atoms with van der Waals surface area (Å²) in [7, 11) is 0. The van der Waals surface area contributed by atoms with Crippen LogP contribution in [0.2, 0.25) is 10.0 Å². The van der Waals surface area contributed by atoms with Crippen LogP contribution in [0, 0.1) is 5.82 Å². The monoisotopic (exact) mass is 424 g/mol. The van der Waals surface area contributed by atoms with E-state index in [2.05, 4.69) is 5.32 Å². The Bertz CT molecular complexity index is 807. The molecule has 0 saturated heterocycles. The Morgan fingerprint density at radius 3 is 2.29 bits per heavy atom. The van der Waals surface area contributed by atoms with Gasteiger partial charge in [-0.15, -0.1) is 0 Å². The zero-order valence-electron chi connectivity index (χ0n) is 15.8. The highest BCUT2D eigenvalue weighted by Gasteiger charge is 2.27. The minimum Gasteiger partial charge on any atom is -0.354 e. The SMILES string of the molecule is CCCNC(=O)C(C)N(Cc1c(Cl)cccc1Cl)C(=O)Cc1ccc(F)cc1. The minimum atomic E-state index is -0.716. The van der Waals surface area contributed by atoms with Crippen LogP contribution in [0.5, 0.6) is 0 Å². The van der Waals surface area contributed by atoms with Crippen LogP contribution in [0.3, 0.4) is 0 Å². The molecule has 2 aromatic rings. The summed E-state index contributed by atoms with van der Waals surface area (Å²) in [5, 5.41) is 3.65. The van der Waals surface area contributed by atoms with Crippen molar-refractivity contribution in [1.82, 2.24) is 10.2 Å². The second-order valence-electron chi connectivity index (χ2n) is 6.49. The average molecular weight is 425 g/mol. The number of halogens is 3. The van der Waals surface area contributed by atoms with Crippen LogP contribution >= 0.6 is 23.2 Å². The smallest absolute Gasteiger partial charge is 0.242 e. The second kappa shape index (κ2) is 10.4. The maximum Gasteiger partial charge on any atom is 0.242 e. The molecule has 0 aromatic heterocycles. The molecule has 1 unspecified atom stereocenters. The molecule has 4 nitrogen and oxygen atoms in total. The van der Waals surface area contributed by atoms with Crippen molar-refractivity contribution in [2.24, 2.45) is 0 Å². The van der Waals surface area contributed by atoms with Gasteiger partial charge in [0, 0.05) is 28.7 Å². The summed E-state index contributed by atoms with van der Waals surface area (Å²) in [6.45, 7) is 4.24. The lowest BCUT2D eigenvalue weighted by molar-refractivity contribution is -0.140. The number of nitrogens with zero attached hydrogens (tertiary/aromatic N) is 1. The van der Waals surface area contributed by atoms with Gasteiger partial charge in [-0.25, -0.2) is 4.39 Å². The Hall–Kier alpha value is -2.11. The predicted octanol–water partition coefficient (Wildman–Crippen LogP) is 4.62. The molecule has 2 rings (SSSR count). The molecule has 0 bridgehead atoms. The molecule has 7 heteroatoms. The lowest BCUT2D eigenvalue weighted by atomic mass is 10.1. The predicted molar refractivity (Wildman–Crippen MR) is 110 cm³/mol. The van der Waals surface area contributed by atoms with Crippen LogP contribution in [0.1, 0.15) is 31.4 Å². The Kier molecular flexibility index (Phi) is 8.27. The van der Waals surface area contributed by atoms with Crippen molar-refractivity contribution in [3.63, 3.8) is 0 Å².